The standard InChI is InChI=1S/C22H18F2N2O4S/c1-10(2)7-15(28)17-19(11-3-5-13(27)6-4-11)26(21(30)20(17)29)22-25-18-14(24)8-12(23)9-16(18)31-22/h3-6,8-10,19,27,29H,7H2,1-2H3. The lowest BCUT2D eigenvalue weighted by Crippen LogP contribution is -2.31. The van der Waals surface area contributed by atoms with Crippen molar-refractivity contribution < 1.29 is 28.6 Å². The molecule has 1 unspecified atom stereocenters. The topological polar surface area (TPSA) is 90.7 Å². The van der Waals surface area contributed by atoms with E-state index in [0.717, 1.165) is 22.3 Å². The number of hydrogen-bond donors (Lipinski definition) is 2. The fraction of sp³-hybridized carbons (Fsp3) is 0.227. The number of amides is 1. The SMILES string of the molecule is CC(C)CC(=O)C1=C(O)C(=O)N(c2nc3c(F)cc(F)cc3s2)C1c1ccc(O)cc1. The number of aromatic hydroxyl groups is 1. The first-order valence-corrected chi connectivity index (χ1v) is 10.3. The summed E-state index contributed by atoms with van der Waals surface area (Å²) in [4.78, 5) is 31.2. The highest BCUT2D eigenvalue weighted by Gasteiger charge is 2.45. The van der Waals surface area contributed by atoms with Crippen LogP contribution in [0.3, 0.4) is 0 Å². The number of nitrogens with zero attached hydrogens (tertiary/aromatic N) is 2. The summed E-state index contributed by atoms with van der Waals surface area (Å²) < 4.78 is 28.0. The summed E-state index contributed by atoms with van der Waals surface area (Å²) in [5, 5.41) is 20.2. The van der Waals surface area contributed by atoms with Crippen molar-refractivity contribution >= 4 is 38.4 Å². The second kappa shape index (κ2) is 7.73. The predicted octanol–water partition coefficient (Wildman–Crippen LogP) is 4.80. The van der Waals surface area contributed by atoms with Gasteiger partial charge in [0.2, 0.25) is 0 Å². The number of aliphatic hydroxyl groups is 1. The summed E-state index contributed by atoms with van der Waals surface area (Å²) in [5.41, 5.74) is 0.253. The summed E-state index contributed by atoms with van der Waals surface area (Å²) >= 11 is 0.873. The number of hydrogen-bond acceptors (Lipinski definition) is 6. The molecule has 0 fully saturated rings. The van der Waals surface area contributed by atoms with Crippen molar-refractivity contribution in [3.63, 3.8) is 0 Å². The van der Waals surface area contributed by atoms with Gasteiger partial charge in [-0.1, -0.05) is 37.3 Å². The Balaban J connectivity index is 1.88. The third kappa shape index (κ3) is 3.65. The normalized spacial score (nSPS) is 16.7. The van der Waals surface area contributed by atoms with E-state index in [1.54, 1.807) is 0 Å². The molecule has 1 aliphatic rings. The van der Waals surface area contributed by atoms with Crippen LogP contribution in [0.1, 0.15) is 31.9 Å². The molecule has 9 heteroatoms. The Labute approximate surface area is 180 Å². The van der Waals surface area contributed by atoms with Crippen molar-refractivity contribution in [2.75, 3.05) is 4.90 Å². The smallest absolute Gasteiger partial charge is 0.296 e. The number of rotatable bonds is 5. The number of thiazole rings is 1. The van der Waals surface area contributed by atoms with Crippen LogP contribution in [0.4, 0.5) is 13.9 Å². The van der Waals surface area contributed by atoms with E-state index in [-0.39, 0.29) is 39.0 Å². The number of phenols is 1. The number of Topliss-reactive ketones (excluding diaryl/α,β-unsaturated/α-hetero) is 1. The second-order valence-corrected chi connectivity index (χ2v) is 8.69. The minimum Gasteiger partial charge on any atom is -0.508 e. The zero-order chi connectivity index (χ0) is 22.4. The van der Waals surface area contributed by atoms with Gasteiger partial charge in [-0.05, 0) is 29.7 Å². The van der Waals surface area contributed by atoms with Crippen LogP contribution >= 0.6 is 11.3 Å². The van der Waals surface area contributed by atoms with E-state index in [1.165, 1.54) is 24.3 Å². The summed E-state index contributed by atoms with van der Waals surface area (Å²) in [6.45, 7) is 3.68. The molecule has 0 spiro atoms. The molecule has 1 aromatic heterocycles. The Kier molecular flexibility index (Phi) is 5.22. The van der Waals surface area contributed by atoms with Crippen LogP contribution in [0.25, 0.3) is 10.2 Å². The van der Waals surface area contributed by atoms with Crippen LogP contribution in [0.15, 0.2) is 47.7 Å². The Bertz CT molecular complexity index is 1230. The highest BCUT2D eigenvalue weighted by atomic mass is 32.1. The Hall–Kier alpha value is -3.33. The molecule has 1 atom stereocenters. The molecule has 2 aromatic carbocycles. The number of aromatic nitrogens is 1. The summed E-state index contributed by atoms with van der Waals surface area (Å²) in [5.74, 6) is -3.65. The van der Waals surface area contributed by atoms with Crippen LogP contribution in [0.5, 0.6) is 5.75 Å². The molecular formula is C22H18F2N2O4S. The van der Waals surface area contributed by atoms with Crippen molar-refractivity contribution in [3.05, 3.63) is 64.9 Å². The van der Waals surface area contributed by atoms with Gasteiger partial charge in [0.05, 0.1) is 16.3 Å². The average molecular weight is 444 g/mol. The number of aliphatic hydroxyl groups excluding tert-OH is 1. The maximum absolute atomic E-state index is 14.2. The summed E-state index contributed by atoms with van der Waals surface area (Å²) in [6.07, 6.45) is 0.106. The van der Waals surface area contributed by atoms with Gasteiger partial charge in [0, 0.05) is 12.5 Å². The van der Waals surface area contributed by atoms with E-state index in [1.807, 2.05) is 13.8 Å². The van der Waals surface area contributed by atoms with Crippen LogP contribution in [-0.4, -0.2) is 26.9 Å². The highest BCUT2D eigenvalue weighted by molar-refractivity contribution is 7.22. The van der Waals surface area contributed by atoms with Crippen LogP contribution in [0, 0.1) is 17.6 Å². The zero-order valence-electron chi connectivity index (χ0n) is 16.6. The number of anilines is 1. The molecule has 0 radical (unpaired) electrons. The Morgan fingerprint density at radius 2 is 1.87 bits per heavy atom. The molecule has 1 amide bonds. The van der Waals surface area contributed by atoms with E-state index in [4.69, 9.17) is 0 Å². The summed E-state index contributed by atoms with van der Waals surface area (Å²) in [7, 11) is 0. The Morgan fingerprint density at radius 3 is 2.52 bits per heavy atom. The number of benzene rings is 2. The quantitative estimate of drug-likeness (QED) is 0.590. The molecule has 4 rings (SSSR count). The molecule has 3 aromatic rings. The molecule has 2 N–H and O–H groups in total. The zero-order valence-corrected chi connectivity index (χ0v) is 17.4. The number of carbonyl (C=O) groups excluding carboxylic acids is 2. The maximum atomic E-state index is 14.2. The number of ketones is 1. The first-order chi connectivity index (χ1) is 14.7. The number of fused-ring (bicyclic) bond motifs is 1. The number of phenolic OH excluding ortho intramolecular Hbond substituents is 1. The van der Waals surface area contributed by atoms with E-state index < -0.39 is 35.1 Å². The van der Waals surface area contributed by atoms with E-state index in [2.05, 4.69) is 4.98 Å². The average Bonchev–Trinajstić information content (AvgIpc) is 3.21. The third-order valence-corrected chi connectivity index (χ3v) is 5.92. The van der Waals surface area contributed by atoms with Crippen molar-refractivity contribution in [1.82, 2.24) is 4.98 Å². The van der Waals surface area contributed by atoms with Gasteiger partial charge >= 0.3 is 0 Å². The minimum absolute atomic E-state index is 0.0135. The summed E-state index contributed by atoms with van der Waals surface area (Å²) in [6, 6.07) is 6.62. The Morgan fingerprint density at radius 1 is 1.19 bits per heavy atom. The largest absolute Gasteiger partial charge is 0.508 e. The first-order valence-electron chi connectivity index (χ1n) is 9.51. The lowest BCUT2D eigenvalue weighted by atomic mass is 9.92. The molecule has 0 bridgehead atoms. The first kappa shape index (κ1) is 20.9. The molecule has 6 nitrogen and oxygen atoms in total. The lowest BCUT2D eigenvalue weighted by Gasteiger charge is -2.24. The molecular weight excluding hydrogens is 426 g/mol. The fourth-order valence-electron chi connectivity index (χ4n) is 3.59. The second-order valence-electron chi connectivity index (χ2n) is 7.68. The van der Waals surface area contributed by atoms with Gasteiger partial charge in [-0.25, -0.2) is 13.8 Å². The lowest BCUT2D eigenvalue weighted by molar-refractivity contribution is -0.118. The monoisotopic (exact) mass is 444 g/mol. The van der Waals surface area contributed by atoms with Crippen molar-refractivity contribution in [3.8, 4) is 5.75 Å². The molecule has 1 aliphatic heterocycles. The molecule has 0 saturated carbocycles. The van der Waals surface area contributed by atoms with Crippen LogP contribution in [-0.2, 0) is 9.59 Å². The molecule has 0 saturated heterocycles. The van der Waals surface area contributed by atoms with E-state index in [0.29, 0.717) is 11.6 Å². The third-order valence-electron chi connectivity index (χ3n) is 4.92. The van der Waals surface area contributed by atoms with E-state index in [9.17, 15) is 28.6 Å². The molecule has 2 heterocycles. The fourth-order valence-corrected chi connectivity index (χ4v) is 4.62. The highest BCUT2D eigenvalue weighted by Crippen LogP contribution is 2.44. The molecule has 160 valence electrons. The number of carbonyl (C=O) groups is 2. The van der Waals surface area contributed by atoms with Gasteiger partial charge in [0.25, 0.3) is 5.91 Å². The van der Waals surface area contributed by atoms with Crippen LogP contribution in [0.2, 0.25) is 0 Å². The van der Waals surface area contributed by atoms with Crippen LogP contribution < -0.4 is 4.90 Å². The van der Waals surface area contributed by atoms with Crippen molar-refractivity contribution in [1.29, 1.82) is 0 Å². The van der Waals surface area contributed by atoms with E-state index >= 15 is 0 Å². The van der Waals surface area contributed by atoms with Gasteiger partial charge in [0.15, 0.2) is 22.5 Å². The van der Waals surface area contributed by atoms with Gasteiger partial charge in [-0.3, -0.25) is 14.5 Å². The van der Waals surface area contributed by atoms with Crippen molar-refractivity contribution in [2.45, 2.75) is 26.3 Å². The van der Waals surface area contributed by atoms with Gasteiger partial charge < -0.3 is 10.2 Å². The maximum Gasteiger partial charge on any atom is 0.296 e. The van der Waals surface area contributed by atoms with Crippen molar-refractivity contribution in [2.24, 2.45) is 5.92 Å². The van der Waals surface area contributed by atoms with Gasteiger partial charge in [-0.15, -0.1) is 0 Å². The predicted molar refractivity (Wildman–Crippen MR) is 112 cm³/mol. The van der Waals surface area contributed by atoms with Gasteiger partial charge in [-0.2, -0.15) is 0 Å². The van der Waals surface area contributed by atoms with Gasteiger partial charge in [0.1, 0.15) is 17.1 Å². The number of halogens is 2. The minimum atomic E-state index is -1.02. The molecule has 0 aliphatic carbocycles. The molecule has 31 heavy (non-hydrogen) atoms.